The topological polar surface area (TPSA) is 72.2 Å². The molecule has 0 aliphatic rings. The molecule has 0 spiro atoms. The van der Waals surface area contributed by atoms with Crippen LogP contribution in [0, 0.1) is 13.8 Å². The molecule has 0 saturated heterocycles. The molecule has 3 rings (SSSR count). The normalized spacial score (nSPS) is 11.7. The number of nitrogens with one attached hydrogen (secondary N) is 1. The van der Waals surface area contributed by atoms with E-state index in [-0.39, 0.29) is 10.7 Å². The van der Waals surface area contributed by atoms with E-state index in [0.29, 0.717) is 11.4 Å². The molecule has 0 atom stereocenters. The van der Waals surface area contributed by atoms with Crippen LogP contribution in [0.15, 0.2) is 51.9 Å². The van der Waals surface area contributed by atoms with E-state index in [4.69, 9.17) is 4.52 Å². The van der Waals surface area contributed by atoms with Crippen molar-refractivity contribution in [2.24, 2.45) is 0 Å². The van der Waals surface area contributed by atoms with Gasteiger partial charge in [0.15, 0.2) is 10.7 Å². The standard InChI is InChI=1S/C15H14N2O3S/c1-10-15(11(2)20-16-10)21(18,19)17-14-9-5-7-12-6-3-4-8-13(12)14/h3-9,17H,1-2H3. The van der Waals surface area contributed by atoms with Gasteiger partial charge in [-0.3, -0.25) is 4.72 Å². The van der Waals surface area contributed by atoms with Crippen LogP contribution in [0.5, 0.6) is 0 Å². The van der Waals surface area contributed by atoms with E-state index in [1.54, 1.807) is 19.9 Å². The molecule has 6 heteroatoms. The summed E-state index contributed by atoms with van der Waals surface area (Å²) in [4.78, 5) is 0.0930. The molecular weight excluding hydrogens is 288 g/mol. The molecule has 0 aliphatic heterocycles. The van der Waals surface area contributed by atoms with Gasteiger partial charge in [-0.05, 0) is 25.3 Å². The van der Waals surface area contributed by atoms with Crippen LogP contribution < -0.4 is 4.72 Å². The second-order valence-corrected chi connectivity index (χ2v) is 6.40. The second-order valence-electron chi connectivity index (χ2n) is 4.79. The van der Waals surface area contributed by atoms with E-state index in [2.05, 4.69) is 9.88 Å². The highest BCUT2D eigenvalue weighted by molar-refractivity contribution is 7.92. The highest BCUT2D eigenvalue weighted by atomic mass is 32.2. The number of nitrogens with zero attached hydrogens (tertiary/aromatic N) is 1. The average molecular weight is 302 g/mol. The number of fused-ring (bicyclic) bond motifs is 1. The molecule has 1 N–H and O–H groups in total. The Morgan fingerprint density at radius 1 is 1.05 bits per heavy atom. The van der Waals surface area contributed by atoms with Crippen LogP contribution in [0.4, 0.5) is 5.69 Å². The predicted octanol–water partition coefficient (Wildman–Crippen LogP) is 3.25. The number of aromatic nitrogens is 1. The van der Waals surface area contributed by atoms with Gasteiger partial charge in [-0.15, -0.1) is 0 Å². The number of anilines is 1. The number of sulfonamides is 1. The number of hydrogen-bond acceptors (Lipinski definition) is 4. The molecule has 0 aliphatic carbocycles. The average Bonchev–Trinajstić information content (AvgIpc) is 2.79. The molecular formula is C15H14N2O3S. The van der Waals surface area contributed by atoms with Crippen molar-refractivity contribution in [2.75, 3.05) is 4.72 Å². The van der Waals surface area contributed by atoms with Gasteiger partial charge in [0.1, 0.15) is 5.69 Å². The van der Waals surface area contributed by atoms with Gasteiger partial charge in [0.2, 0.25) is 0 Å². The molecule has 1 aromatic heterocycles. The number of hydrogen-bond donors (Lipinski definition) is 1. The van der Waals surface area contributed by atoms with Crippen LogP contribution in [-0.4, -0.2) is 13.6 Å². The van der Waals surface area contributed by atoms with Gasteiger partial charge in [0.05, 0.1) is 5.69 Å². The van der Waals surface area contributed by atoms with Crippen molar-refractivity contribution >= 4 is 26.5 Å². The number of rotatable bonds is 3. The molecule has 0 bridgehead atoms. The van der Waals surface area contributed by atoms with Crippen LogP contribution in [-0.2, 0) is 10.0 Å². The maximum absolute atomic E-state index is 12.5. The van der Waals surface area contributed by atoms with E-state index >= 15 is 0 Å². The van der Waals surface area contributed by atoms with Crippen molar-refractivity contribution in [3.8, 4) is 0 Å². The summed E-state index contributed by atoms with van der Waals surface area (Å²) < 4.78 is 32.6. The Labute approximate surface area is 122 Å². The van der Waals surface area contributed by atoms with Crippen LogP contribution in [0.3, 0.4) is 0 Å². The first kappa shape index (κ1) is 13.6. The first-order chi connectivity index (χ1) is 9.99. The van der Waals surface area contributed by atoms with Crippen LogP contribution >= 0.6 is 0 Å². The number of benzene rings is 2. The van der Waals surface area contributed by atoms with Gasteiger partial charge in [-0.25, -0.2) is 8.42 Å². The van der Waals surface area contributed by atoms with Crippen LogP contribution in [0.1, 0.15) is 11.5 Å². The third-order valence-corrected chi connectivity index (χ3v) is 4.88. The Morgan fingerprint density at radius 3 is 2.48 bits per heavy atom. The van der Waals surface area contributed by atoms with Crippen LogP contribution in [0.2, 0.25) is 0 Å². The fourth-order valence-corrected chi connectivity index (χ4v) is 3.78. The molecule has 1 heterocycles. The lowest BCUT2D eigenvalue weighted by atomic mass is 10.1. The smallest absolute Gasteiger partial charge is 0.267 e. The number of aryl methyl sites for hydroxylation is 2. The van der Waals surface area contributed by atoms with Gasteiger partial charge in [0, 0.05) is 5.39 Å². The van der Waals surface area contributed by atoms with Gasteiger partial charge >= 0.3 is 0 Å². The summed E-state index contributed by atoms with van der Waals surface area (Å²) in [5.41, 5.74) is 0.883. The first-order valence-corrected chi connectivity index (χ1v) is 7.91. The lowest BCUT2D eigenvalue weighted by Gasteiger charge is -2.10. The van der Waals surface area contributed by atoms with Crippen molar-refractivity contribution in [3.05, 3.63) is 53.9 Å². The molecule has 0 saturated carbocycles. The Hall–Kier alpha value is -2.34. The van der Waals surface area contributed by atoms with E-state index < -0.39 is 10.0 Å². The largest absolute Gasteiger partial charge is 0.360 e. The highest BCUT2D eigenvalue weighted by Crippen LogP contribution is 2.27. The summed E-state index contributed by atoms with van der Waals surface area (Å²) in [5, 5.41) is 5.50. The van der Waals surface area contributed by atoms with Gasteiger partial charge < -0.3 is 4.52 Å². The lowest BCUT2D eigenvalue weighted by molar-refractivity contribution is 0.390. The quantitative estimate of drug-likeness (QED) is 0.806. The maximum Gasteiger partial charge on any atom is 0.267 e. The summed E-state index contributed by atoms with van der Waals surface area (Å²) in [6.45, 7) is 3.19. The molecule has 0 unspecified atom stereocenters. The van der Waals surface area contributed by atoms with E-state index in [9.17, 15) is 8.42 Å². The molecule has 3 aromatic rings. The molecule has 5 nitrogen and oxygen atoms in total. The van der Waals surface area contributed by atoms with Gasteiger partial charge in [0.25, 0.3) is 10.0 Å². The summed E-state index contributed by atoms with van der Waals surface area (Å²) in [6, 6.07) is 13.1. The Kier molecular flexibility index (Phi) is 3.17. The second kappa shape index (κ2) is 4.89. The summed E-state index contributed by atoms with van der Waals surface area (Å²) in [5.74, 6) is 0.278. The predicted molar refractivity (Wildman–Crippen MR) is 80.7 cm³/mol. The van der Waals surface area contributed by atoms with Crippen molar-refractivity contribution in [1.29, 1.82) is 0 Å². The summed E-state index contributed by atoms with van der Waals surface area (Å²) in [6.07, 6.45) is 0. The Morgan fingerprint density at radius 2 is 1.76 bits per heavy atom. The molecule has 0 radical (unpaired) electrons. The third kappa shape index (κ3) is 2.38. The first-order valence-electron chi connectivity index (χ1n) is 6.42. The fourth-order valence-electron chi connectivity index (χ4n) is 2.37. The zero-order valence-corrected chi connectivity index (χ0v) is 12.4. The third-order valence-electron chi connectivity index (χ3n) is 3.27. The zero-order valence-electron chi connectivity index (χ0n) is 11.6. The van der Waals surface area contributed by atoms with E-state index in [1.807, 2.05) is 36.4 Å². The maximum atomic E-state index is 12.5. The van der Waals surface area contributed by atoms with Crippen molar-refractivity contribution < 1.29 is 12.9 Å². The highest BCUT2D eigenvalue weighted by Gasteiger charge is 2.24. The molecule has 0 amide bonds. The minimum atomic E-state index is -3.73. The van der Waals surface area contributed by atoms with Crippen molar-refractivity contribution in [3.63, 3.8) is 0 Å². The summed E-state index contributed by atoms with van der Waals surface area (Å²) >= 11 is 0. The molecule has 21 heavy (non-hydrogen) atoms. The van der Waals surface area contributed by atoms with Crippen LogP contribution in [0.25, 0.3) is 10.8 Å². The fraction of sp³-hybridized carbons (Fsp3) is 0.133. The Bertz CT molecular complexity index is 889. The minimum absolute atomic E-state index is 0.0930. The molecule has 2 aromatic carbocycles. The van der Waals surface area contributed by atoms with Gasteiger partial charge in [-0.2, -0.15) is 0 Å². The summed E-state index contributed by atoms with van der Waals surface area (Å²) in [7, 11) is -3.73. The Balaban J connectivity index is 2.10. The van der Waals surface area contributed by atoms with Crippen molar-refractivity contribution in [1.82, 2.24) is 5.16 Å². The SMILES string of the molecule is Cc1noc(C)c1S(=O)(=O)Nc1cccc2ccccc12. The van der Waals surface area contributed by atoms with Crippen molar-refractivity contribution in [2.45, 2.75) is 18.7 Å². The van der Waals surface area contributed by atoms with E-state index in [1.165, 1.54) is 0 Å². The zero-order chi connectivity index (χ0) is 15.0. The monoisotopic (exact) mass is 302 g/mol. The molecule has 0 fully saturated rings. The minimum Gasteiger partial charge on any atom is -0.360 e. The van der Waals surface area contributed by atoms with E-state index in [0.717, 1.165) is 10.8 Å². The van der Waals surface area contributed by atoms with Gasteiger partial charge in [-0.1, -0.05) is 41.6 Å². The molecule has 108 valence electrons. The lowest BCUT2D eigenvalue weighted by Crippen LogP contribution is -2.14.